The van der Waals surface area contributed by atoms with E-state index in [1.165, 1.54) is 12.1 Å². The van der Waals surface area contributed by atoms with Crippen LogP contribution in [-0.4, -0.2) is 43.7 Å². The van der Waals surface area contributed by atoms with Crippen LogP contribution in [0.4, 0.5) is 24.9 Å². The molecular formula is C28H29F3N6O2. The molecule has 0 spiro atoms. The van der Waals surface area contributed by atoms with E-state index in [9.17, 15) is 23.1 Å². The number of anilines is 2. The van der Waals surface area contributed by atoms with Gasteiger partial charge in [-0.25, -0.2) is 14.8 Å². The number of aromatic nitrogens is 4. The number of nitrogens with zero attached hydrogens (tertiary/aromatic N) is 5. The van der Waals surface area contributed by atoms with Crippen molar-refractivity contribution in [3.05, 3.63) is 77.1 Å². The van der Waals surface area contributed by atoms with Crippen molar-refractivity contribution >= 4 is 28.9 Å². The highest BCUT2D eigenvalue weighted by Gasteiger charge is 2.31. The van der Waals surface area contributed by atoms with Crippen LogP contribution >= 0.6 is 0 Å². The zero-order valence-corrected chi connectivity index (χ0v) is 21.6. The van der Waals surface area contributed by atoms with Crippen molar-refractivity contribution in [2.45, 2.75) is 51.5 Å². The fraction of sp³-hybridized carbons (Fsp3) is 0.357. The summed E-state index contributed by atoms with van der Waals surface area (Å²) >= 11 is 0. The summed E-state index contributed by atoms with van der Waals surface area (Å²) in [5.41, 5.74) is 1.63. The largest absolute Gasteiger partial charge is 0.475 e. The van der Waals surface area contributed by atoms with Gasteiger partial charge in [0, 0.05) is 19.6 Å². The molecule has 2 N–H and O–H groups in total. The second-order valence-electron chi connectivity index (χ2n) is 10.0. The van der Waals surface area contributed by atoms with E-state index in [4.69, 9.17) is 4.98 Å². The lowest BCUT2D eigenvalue weighted by molar-refractivity contribution is -0.137. The minimum atomic E-state index is -4.43. The highest BCUT2D eigenvalue weighted by Crippen LogP contribution is 2.34. The molecule has 2 aromatic heterocycles. The summed E-state index contributed by atoms with van der Waals surface area (Å²) in [5, 5.41) is 13.1. The number of nitrogens with one attached hydrogen (secondary N) is 1. The minimum Gasteiger partial charge on any atom is -0.475 e. The van der Waals surface area contributed by atoms with E-state index in [-0.39, 0.29) is 24.1 Å². The van der Waals surface area contributed by atoms with Gasteiger partial charge in [0.05, 0.1) is 12.1 Å². The molecule has 0 bridgehead atoms. The maximum atomic E-state index is 13.2. The molecule has 0 aliphatic heterocycles. The molecule has 0 amide bonds. The van der Waals surface area contributed by atoms with Crippen molar-refractivity contribution in [2.75, 3.05) is 17.3 Å². The van der Waals surface area contributed by atoms with Gasteiger partial charge in [-0.05, 0) is 48.9 Å². The van der Waals surface area contributed by atoms with Crippen molar-refractivity contribution < 1.29 is 23.1 Å². The number of halogens is 3. The molecule has 1 aliphatic rings. The maximum Gasteiger partial charge on any atom is 0.416 e. The van der Waals surface area contributed by atoms with Gasteiger partial charge in [0.15, 0.2) is 11.5 Å². The molecule has 204 valence electrons. The van der Waals surface area contributed by atoms with Crippen LogP contribution in [0.25, 0.3) is 11.2 Å². The van der Waals surface area contributed by atoms with Crippen LogP contribution in [0.1, 0.15) is 53.5 Å². The summed E-state index contributed by atoms with van der Waals surface area (Å²) < 4.78 is 41.3. The lowest BCUT2D eigenvalue weighted by Gasteiger charge is -2.32. The molecule has 2 heterocycles. The standard InChI is InChI=1S/C28H29F3N6O2/c1-17(20-9-6-10-20)32-23-22-24(34-25(33-23)26(38)39)35-27(36(2)15-18-7-4-3-5-8-18)37(22)16-19-11-13-21(14-12-19)28(29,30)31/h3-5,7-8,11-14,17,20H,6,9-10,15-16H2,1-2H3,(H,38,39)(H,32,33,34). The Kier molecular flexibility index (Phi) is 7.16. The highest BCUT2D eigenvalue weighted by molar-refractivity contribution is 5.91. The van der Waals surface area contributed by atoms with Gasteiger partial charge in [-0.15, -0.1) is 0 Å². The van der Waals surface area contributed by atoms with Crippen molar-refractivity contribution in [1.29, 1.82) is 0 Å². The van der Waals surface area contributed by atoms with E-state index in [1.807, 2.05) is 53.8 Å². The first-order valence-electron chi connectivity index (χ1n) is 12.8. The Morgan fingerprint density at radius 2 is 1.77 bits per heavy atom. The predicted molar refractivity (Wildman–Crippen MR) is 142 cm³/mol. The van der Waals surface area contributed by atoms with E-state index in [2.05, 4.69) is 15.3 Å². The normalized spacial score (nSPS) is 14.7. The Balaban J connectivity index is 1.62. The second-order valence-corrected chi connectivity index (χ2v) is 10.0. The van der Waals surface area contributed by atoms with Crippen LogP contribution in [0.2, 0.25) is 0 Å². The fourth-order valence-electron chi connectivity index (χ4n) is 4.85. The number of hydrogen-bond acceptors (Lipinski definition) is 6. The topological polar surface area (TPSA) is 96.2 Å². The molecule has 2 aromatic carbocycles. The zero-order chi connectivity index (χ0) is 27.7. The van der Waals surface area contributed by atoms with Gasteiger partial charge < -0.3 is 19.9 Å². The molecular weight excluding hydrogens is 509 g/mol. The van der Waals surface area contributed by atoms with Crippen molar-refractivity contribution in [3.8, 4) is 0 Å². The third-order valence-corrected chi connectivity index (χ3v) is 7.22. The van der Waals surface area contributed by atoms with E-state index in [0.29, 0.717) is 35.3 Å². The van der Waals surface area contributed by atoms with Crippen LogP contribution in [0.15, 0.2) is 54.6 Å². The molecule has 1 unspecified atom stereocenters. The van der Waals surface area contributed by atoms with E-state index in [1.54, 1.807) is 0 Å². The van der Waals surface area contributed by atoms with Gasteiger partial charge >= 0.3 is 12.1 Å². The van der Waals surface area contributed by atoms with E-state index >= 15 is 0 Å². The van der Waals surface area contributed by atoms with E-state index < -0.39 is 17.7 Å². The average molecular weight is 539 g/mol. The molecule has 1 fully saturated rings. The Labute approximate surface area is 223 Å². The van der Waals surface area contributed by atoms with Gasteiger partial charge in [0.2, 0.25) is 11.8 Å². The smallest absolute Gasteiger partial charge is 0.416 e. The molecule has 1 aliphatic carbocycles. The Bertz CT molecular complexity index is 1470. The molecule has 4 aromatic rings. The molecule has 39 heavy (non-hydrogen) atoms. The summed E-state index contributed by atoms with van der Waals surface area (Å²) in [4.78, 5) is 27.0. The Morgan fingerprint density at radius 1 is 1.08 bits per heavy atom. The van der Waals surface area contributed by atoms with Gasteiger partial charge in [-0.1, -0.05) is 48.9 Å². The lowest BCUT2D eigenvalue weighted by Crippen LogP contribution is -2.31. The molecule has 5 rings (SSSR count). The number of rotatable bonds is 9. The molecule has 8 nitrogen and oxygen atoms in total. The van der Waals surface area contributed by atoms with Gasteiger partial charge in [-0.3, -0.25) is 0 Å². The first-order chi connectivity index (χ1) is 18.6. The number of alkyl halides is 3. The van der Waals surface area contributed by atoms with Crippen LogP contribution in [0.5, 0.6) is 0 Å². The monoisotopic (exact) mass is 538 g/mol. The average Bonchev–Trinajstić information content (AvgIpc) is 3.22. The third kappa shape index (κ3) is 5.67. The lowest BCUT2D eigenvalue weighted by atomic mass is 9.80. The number of carboxylic acids is 1. The summed E-state index contributed by atoms with van der Waals surface area (Å²) in [6.07, 6.45) is -1.14. The Morgan fingerprint density at radius 3 is 2.36 bits per heavy atom. The molecule has 11 heteroatoms. The number of fused-ring (bicyclic) bond motifs is 1. The first-order valence-corrected chi connectivity index (χ1v) is 12.8. The number of hydrogen-bond donors (Lipinski definition) is 2. The van der Waals surface area contributed by atoms with Crippen molar-refractivity contribution in [3.63, 3.8) is 0 Å². The SMILES string of the molecule is CC(Nc1nc(C(=O)O)nc2nc(N(C)Cc3ccccc3)n(Cc3ccc(C(F)(F)F)cc3)c12)C1CCC1. The number of imidazole rings is 1. The van der Waals surface area contributed by atoms with Crippen LogP contribution in [0.3, 0.4) is 0 Å². The summed E-state index contributed by atoms with van der Waals surface area (Å²) in [7, 11) is 1.85. The van der Waals surface area contributed by atoms with E-state index in [0.717, 1.165) is 37.0 Å². The van der Waals surface area contributed by atoms with Gasteiger partial charge in [0.25, 0.3) is 0 Å². The van der Waals surface area contributed by atoms with Crippen LogP contribution in [0, 0.1) is 5.92 Å². The number of carbonyl (C=O) groups is 1. The number of aromatic carboxylic acids is 1. The van der Waals surface area contributed by atoms with Crippen LogP contribution < -0.4 is 10.2 Å². The van der Waals surface area contributed by atoms with Crippen molar-refractivity contribution in [2.24, 2.45) is 5.92 Å². The first kappa shape index (κ1) is 26.5. The Hall–Kier alpha value is -4.15. The fourth-order valence-corrected chi connectivity index (χ4v) is 4.85. The minimum absolute atomic E-state index is 0.0402. The molecule has 1 atom stereocenters. The quantitative estimate of drug-likeness (QED) is 0.277. The van der Waals surface area contributed by atoms with Crippen LogP contribution in [-0.2, 0) is 19.3 Å². The highest BCUT2D eigenvalue weighted by atomic mass is 19.4. The summed E-state index contributed by atoms with van der Waals surface area (Å²) in [6.45, 7) is 2.72. The van der Waals surface area contributed by atoms with Gasteiger partial charge in [-0.2, -0.15) is 18.2 Å². The third-order valence-electron chi connectivity index (χ3n) is 7.22. The summed E-state index contributed by atoms with van der Waals surface area (Å²) in [5.74, 6) is -0.370. The summed E-state index contributed by atoms with van der Waals surface area (Å²) in [6, 6.07) is 14.8. The molecule has 0 saturated heterocycles. The van der Waals surface area contributed by atoms with Crippen molar-refractivity contribution in [1.82, 2.24) is 19.5 Å². The zero-order valence-electron chi connectivity index (χ0n) is 21.6. The molecule has 0 radical (unpaired) electrons. The number of benzene rings is 2. The van der Waals surface area contributed by atoms with Gasteiger partial charge in [0.1, 0.15) is 5.52 Å². The molecule has 1 saturated carbocycles. The second kappa shape index (κ2) is 10.5. The predicted octanol–water partition coefficient (Wildman–Crippen LogP) is 5.83. The number of carboxylic acid groups (broad SMARTS) is 1. The maximum absolute atomic E-state index is 13.2.